The van der Waals surface area contributed by atoms with Crippen LogP contribution in [0.4, 0.5) is 5.69 Å². The number of halogens is 1. The molecule has 0 bridgehead atoms. The number of aliphatic hydroxyl groups is 1. The van der Waals surface area contributed by atoms with E-state index in [0.29, 0.717) is 21.3 Å². The van der Waals surface area contributed by atoms with Crippen LogP contribution in [0, 0.1) is 0 Å². The van der Waals surface area contributed by atoms with E-state index in [-0.39, 0.29) is 17.3 Å². The van der Waals surface area contributed by atoms with Crippen LogP contribution in [-0.4, -0.2) is 26.5 Å². The van der Waals surface area contributed by atoms with Gasteiger partial charge < -0.3 is 15.2 Å². The number of primary sulfonamides is 1. The summed E-state index contributed by atoms with van der Waals surface area (Å²) in [5, 5.41) is 17.0. The number of sulfonamides is 1. The lowest BCUT2D eigenvalue weighted by Gasteiger charge is -2.11. The number of carbonyl (C=O) groups excluding carboxylic acids is 1. The lowest BCUT2D eigenvalue weighted by Crippen LogP contribution is -2.15. The maximum atomic E-state index is 12.3. The fourth-order valence-electron chi connectivity index (χ4n) is 2.02. The van der Waals surface area contributed by atoms with Crippen molar-refractivity contribution in [2.75, 3.05) is 12.4 Å². The van der Waals surface area contributed by atoms with Gasteiger partial charge in [-0.2, -0.15) is 0 Å². The number of aliphatic hydroxyl groups excluding tert-OH is 1. The van der Waals surface area contributed by atoms with Crippen LogP contribution < -0.4 is 15.2 Å². The van der Waals surface area contributed by atoms with Crippen molar-refractivity contribution in [3.63, 3.8) is 0 Å². The molecule has 0 saturated heterocycles. The number of nitrogens with one attached hydrogen (secondary N) is 1. The first-order valence-corrected chi connectivity index (χ1v) is 9.01. The van der Waals surface area contributed by atoms with E-state index in [9.17, 15) is 18.3 Å². The molecule has 4 N–H and O–H groups in total. The molecular formula is C15H15BrN2O5S. The van der Waals surface area contributed by atoms with E-state index in [4.69, 9.17) is 9.88 Å². The summed E-state index contributed by atoms with van der Waals surface area (Å²) in [5.74, 6) is -0.384. The van der Waals surface area contributed by atoms with Crippen molar-refractivity contribution in [3.8, 4) is 5.75 Å². The molecule has 7 nitrogen and oxygen atoms in total. The van der Waals surface area contributed by atoms with Crippen molar-refractivity contribution in [1.82, 2.24) is 0 Å². The Morgan fingerprint density at radius 2 is 2.00 bits per heavy atom. The van der Waals surface area contributed by atoms with Crippen molar-refractivity contribution >= 4 is 37.5 Å². The summed E-state index contributed by atoms with van der Waals surface area (Å²) < 4.78 is 28.6. The highest BCUT2D eigenvalue weighted by molar-refractivity contribution is 9.10. The number of methoxy groups -OCH3 is 1. The first kappa shape index (κ1) is 18.4. The zero-order chi connectivity index (χ0) is 17.9. The molecule has 2 rings (SSSR count). The highest BCUT2D eigenvalue weighted by atomic mass is 79.9. The average molecular weight is 415 g/mol. The fourth-order valence-corrected chi connectivity index (χ4v) is 3.07. The molecule has 24 heavy (non-hydrogen) atoms. The smallest absolute Gasteiger partial charge is 0.255 e. The second kappa shape index (κ2) is 7.31. The molecule has 0 radical (unpaired) electrons. The number of hydrogen-bond donors (Lipinski definition) is 3. The normalized spacial score (nSPS) is 11.2. The molecule has 0 atom stereocenters. The monoisotopic (exact) mass is 414 g/mol. The zero-order valence-corrected chi connectivity index (χ0v) is 15.0. The lowest BCUT2D eigenvalue weighted by molar-refractivity contribution is 0.102. The molecule has 1 amide bonds. The van der Waals surface area contributed by atoms with Gasteiger partial charge in [0.15, 0.2) is 0 Å². The third-order valence-corrected chi connectivity index (χ3v) is 4.93. The summed E-state index contributed by atoms with van der Waals surface area (Å²) in [6, 6.07) is 8.83. The van der Waals surface area contributed by atoms with Crippen molar-refractivity contribution in [2.24, 2.45) is 5.14 Å². The van der Waals surface area contributed by atoms with Crippen molar-refractivity contribution in [3.05, 3.63) is 52.0 Å². The number of ether oxygens (including phenoxy) is 1. The van der Waals surface area contributed by atoms with Gasteiger partial charge in [-0.1, -0.05) is 15.9 Å². The molecule has 0 fully saturated rings. The van der Waals surface area contributed by atoms with Crippen molar-refractivity contribution in [1.29, 1.82) is 0 Å². The van der Waals surface area contributed by atoms with Crippen molar-refractivity contribution < 1.29 is 23.1 Å². The van der Waals surface area contributed by atoms with Gasteiger partial charge in [0.1, 0.15) is 10.6 Å². The minimum Gasteiger partial charge on any atom is -0.495 e. The quantitative estimate of drug-likeness (QED) is 0.689. The Kier molecular flexibility index (Phi) is 5.60. The summed E-state index contributed by atoms with van der Waals surface area (Å²) >= 11 is 3.27. The molecule has 0 unspecified atom stereocenters. The predicted molar refractivity (Wildman–Crippen MR) is 92.4 cm³/mol. The van der Waals surface area contributed by atoms with Gasteiger partial charge >= 0.3 is 0 Å². The number of hydrogen-bond acceptors (Lipinski definition) is 5. The van der Waals surface area contributed by atoms with Gasteiger partial charge in [0.25, 0.3) is 5.91 Å². The van der Waals surface area contributed by atoms with Crippen LogP contribution in [0.2, 0.25) is 0 Å². The Hall–Kier alpha value is -1.94. The van der Waals surface area contributed by atoms with Gasteiger partial charge in [0, 0.05) is 21.8 Å². The van der Waals surface area contributed by atoms with E-state index in [1.54, 1.807) is 18.2 Å². The second-order valence-electron chi connectivity index (χ2n) is 4.83. The predicted octanol–water partition coefficient (Wildman–Crippen LogP) is 1.85. The molecule has 0 saturated carbocycles. The summed E-state index contributed by atoms with van der Waals surface area (Å²) in [5.41, 5.74) is 1.26. The van der Waals surface area contributed by atoms with Gasteiger partial charge in [0.2, 0.25) is 10.0 Å². The number of anilines is 1. The van der Waals surface area contributed by atoms with Crippen LogP contribution in [0.15, 0.2) is 45.8 Å². The Labute approximate surface area is 147 Å². The molecule has 0 aliphatic heterocycles. The first-order valence-electron chi connectivity index (χ1n) is 6.67. The molecular weight excluding hydrogens is 400 g/mol. The standard InChI is InChI=1S/C15H15BrN2O5S/c1-23-13-7-11(3-5-14(13)24(17,21)22)18-15(20)9-2-4-12(16)10(6-9)8-19/h2-7,19H,8H2,1H3,(H,18,20)(H2,17,21,22). The summed E-state index contributed by atoms with van der Waals surface area (Å²) in [7, 11) is -2.62. The Morgan fingerprint density at radius 1 is 1.29 bits per heavy atom. The first-order chi connectivity index (χ1) is 11.3. The maximum absolute atomic E-state index is 12.3. The molecule has 0 aliphatic rings. The van der Waals surface area contributed by atoms with E-state index in [1.807, 2.05) is 0 Å². The number of nitrogens with two attached hydrogens (primary N) is 1. The number of amides is 1. The summed E-state index contributed by atoms with van der Waals surface area (Å²) in [6.07, 6.45) is 0. The molecule has 0 heterocycles. The Morgan fingerprint density at radius 3 is 2.58 bits per heavy atom. The van der Waals surface area contributed by atoms with Crippen LogP contribution in [0.5, 0.6) is 5.75 Å². The molecule has 9 heteroatoms. The molecule has 2 aromatic rings. The topological polar surface area (TPSA) is 119 Å². The minimum absolute atomic E-state index is 0.0298. The molecule has 2 aromatic carbocycles. The van der Waals surface area contributed by atoms with E-state index >= 15 is 0 Å². The van der Waals surface area contributed by atoms with Crippen LogP contribution in [0.1, 0.15) is 15.9 Å². The van der Waals surface area contributed by atoms with Gasteiger partial charge in [-0.05, 0) is 35.9 Å². The van der Waals surface area contributed by atoms with Gasteiger partial charge in [-0.3, -0.25) is 4.79 Å². The Balaban J connectivity index is 2.29. The van der Waals surface area contributed by atoms with Gasteiger partial charge in [-0.25, -0.2) is 13.6 Å². The van der Waals surface area contributed by atoms with E-state index in [1.165, 1.54) is 25.3 Å². The molecule has 0 aromatic heterocycles. The summed E-state index contributed by atoms with van der Waals surface area (Å²) in [4.78, 5) is 12.1. The van der Waals surface area contributed by atoms with Crippen molar-refractivity contribution in [2.45, 2.75) is 11.5 Å². The maximum Gasteiger partial charge on any atom is 0.255 e. The fraction of sp³-hybridized carbons (Fsp3) is 0.133. The molecule has 0 aliphatic carbocycles. The van der Waals surface area contributed by atoms with E-state index < -0.39 is 15.9 Å². The highest BCUT2D eigenvalue weighted by Crippen LogP contribution is 2.27. The number of rotatable bonds is 5. The lowest BCUT2D eigenvalue weighted by atomic mass is 10.1. The third-order valence-electron chi connectivity index (χ3n) is 3.21. The van der Waals surface area contributed by atoms with Crippen LogP contribution in [0.25, 0.3) is 0 Å². The summed E-state index contributed by atoms with van der Waals surface area (Å²) in [6.45, 7) is -0.210. The number of carbonyl (C=O) groups is 1. The SMILES string of the molecule is COc1cc(NC(=O)c2ccc(Br)c(CO)c2)ccc1S(N)(=O)=O. The minimum atomic E-state index is -3.93. The van der Waals surface area contributed by atoms with E-state index in [0.717, 1.165) is 0 Å². The molecule has 0 spiro atoms. The van der Waals surface area contributed by atoms with Crippen LogP contribution in [0.3, 0.4) is 0 Å². The van der Waals surface area contributed by atoms with Gasteiger partial charge in [-0.15, -0.1) is 0 Å². The van der Waals surface area contributed by atoms with E-state index in [2.05, 4.69) is 21.2 Å². The highest BCUT2D eigenvalue weighted by Gasteiger charge is 2.16. The Bertz CT molecular complexity index is 883. The van der Waals surface area contributed by atoms with Gasteiger partial charge in [0.05, 0.1) is 13.7 Å². The van der Waals surface area contributed by atoms with Crippen LogP contribution >= 0.6 is 15.9 Å². The molecule has 128 valence electrons. The third kappa shape index (κ3) is 4.12. The largest absolute Gasteiger partial charge is 0.495 e. The average Bonchev–Trinajstić information content (AvgIpc) is 2.54. The number of benzene rings is 2. The second-order valence-corrected chi connectivity index (χ2v) is 7.21. The van der Waals surface area contributed by atoms with Crippen LogP contribution in [-0.2, 0) is 16.6 Å². The zero-order valence-electron chi connectivity index (χ0n) is 12.6.